The summed E-state index contributed by atoms with van der Waals surface area (Å²) in [5, 5.41) is 0. The summed E-state index contributed by atoms with van der Waals surface area (Å²) in [7, 11) is 0. The lowest BCUT2D eigenvalue weighted by Gasteiger charge is -2.39. The first-order valence-electron chi connectivity index (χ1n) is 6.14. The molecule has 86 valence electrons. The van der Waals surface area contributed by atoms with Crippen LogP contribution in [0.2, 0.25) is 0 Å². The Labute approximate surface area is 92.0 Å². The first-order valence-corrected chi connectivity index (χ1v) is 6.14. The lowest BCUT2D eigenvalue weighted by molar-refractivity contribution is -0.136. The Morgan fingerprint density at radius 2 is 2.13 bits per heavy atom. The zero-order valence-corrected chi connectivity index (χ0v) is 9.83. The van der Waals surface area contributed by atoms with E-state index in [2.05, 4.69) is 0 Å². The van der Waals surface area contributed by atoms with Gasteiger partial charge in [0.25, 0.3) is 0 Å². The van der Waals surface area contributed by atoms with E-state index >= 15 is 0 Å². The Bertz CT molecular complexity index is 264. The van der Waals surface area contributed by atoms with Crippen LogP contribution in [0.15, 0.2) is 0 Å². The molecule has 2 atom stereocenters. The van der Waals surface area contributed by atoms with Gasteiger partial charge in [0.1, 0.15) is 0 Å². The number of nitrogens with two attached hydrogens (primary N) is 1. The minimum Gasteiger partial charge on any atom is -0.338 e. The van der Waals surface area contributed by atoms with Crippen molar-refractivity contribution in [1.29, 1.82) is 0 Å². The molecule has 0 aromatic heterocycles. The Balaban J connectivity index is 2.13. The summed E-state index contributed by atoms with van der Waals surface area (Å²) < 4.78 is 0. The summed E-state index contributed by atoms with van der Waals surface area (Å²) in [4.78, 5) is 14.1. The molecule has 0 aromatic carbocycles. The van der Waals surface area contributed by atoms with Crippen molar-refractivity contribution >= 4 is 5.91 Å². The van der Waals surface area contributed by atoms with E-state index in [4.69, 9.17) is 5.73 Å². The summed E-state index contributed by atoms with van der Waals surface area (Å²) in [6, 6.07) is 0.321. The number of fused-ring (bicyclic) bond motifs is 1. The highest BCUT2D eigenvalue weighted by Gasteiger charge is 2.47. The van der Waals surface area contributed by atoms with Gasteiger partial charge in [0.15, 0.2) is 0 Å². The monoisotopic (exact) mass is 210 g/mol. The molecule has 0 spiro atoms. The zero-order chi connectivity index (χ0) is 11.1. The number of carbonyl (C=O) groups excluding carboxylic acids is 1. The van der Waals surface area contributed by atoms with Gasteiger partial charge < -0.3 is 10.6 Å². The van der Waals surface area contributed by atoms with Crippen LogP contribution in [0.1, 0.15) is 46.0 Å². The molecule has 15 heavy (non-hydrogen) atoms. The molecule has 1 heterocycles. The summed E-state index contributed by atoms with van der Waals surface area (Å²) >= 11 is 0. The number of carbonyl (C=O) groups is 1. The fraction of sp³-hybridized carbons (Fsp3) is 0.917. The van der Waals surface area contributed by atoms with Crippen molar-refractivity contribution in [2.24, 2.45) is 11.7 Å². The number of rotatable bonds is 1. The minimum atomic E-state index is -0.0667. The number of hydrogen-bond acceptors (Lipinski definition) is 2. The van der Waals surface area contributed by atoms with Crippen molar-refractivity contribution in [2.75, 3.05) is 6.54 Å². The third kappa shape index (κ3) is 1.78. The molecular weight excluding hydrogens is 188 g/mol. The Hall–Kier alpha value is -0.570. The Morgan fingerprint density at radius 3 is 2.80 bits per heavy atom. The molecule has 1 amide bonds. The fourth-order valence-electron chi connectivity index (χ4n) is 3.08. The smallest absolute Gasteiger partial charge is 0.225 e. The van der Waals surface area contributed by atoms with Gasteiger partial charge in [-0.25, -0.2) is 0 Å². The quantitative estimate of drug-likeness (QED) is 0.713. The van der Waals surface area contributed by atoms with Gasteiger partial charge in [0.05, 0.1) is 0 Å². The van der Waals surface area contributed by atoms with Gasteiger partial charge in [-0.05, 0) is 19.3 Å². The van der Waals surface area contributed by atoms with Gasteiger partial charge in [-0.2, -0.15) is 0 Å². The summed E-state index contributed by atoms with van der Waals surface area (Å²) in [5.74, 6) is 0.392. The van der Waals surface area contributed by atoms with E-state index in [0.717, 1.165) is 25.8 Å². The predicted octanol–water partition coefficient (Wildman–Crippen LogP) is 1.51. The second-order valence-electron chi connectivity index (χ2n) is 5.43. The summed E-state index contributed by atoms with van der Waals surface area (Å²) in [6.45, 7) is 4.82. The third-order valence-electron chi connectivity index (χ3n) is 4.00. The maximum absolute atomic E-state index is 12.0. The predicted molar refractivity (Wildman–Crippen MR) is 60.3 cm³/mol. The SMILES string of the molecule is CC(C)C(=O)N1CCC2(N)CCCCC12. The zero-order valence-electron chi connectivity index (χ0n) is 9.83. The molecule has 2 unspecified atom stereocenters. The molecule has 1 aliphatic carbocycles. The van der Waals surface area contributed by atoms with E-state index in [1.54, 1.807) is 0 Å². The lowest BCUT2D eigenvalue weighted by atomic mass is 9.78. The summed E-state index contributed by atoms with van der Waals surface area (Å²) in [5.41, 5.74) is 6.33. The molecule has 0 radical (unpaired) electrons. The topological polar surface area (TPSA) is 46.3 Å². The lowest BCUT2D eigenvalue weighted by Crippen LogP contribution is -2.55. The van der Waals surface area contributed by atoms with Crippen molar-refractivity contribution in [1.82, 2.24) is 4.90 Å². The molecule has 3 nitrogen and oxygen atoms in total. The van der Waals surface area contributed by atoms with Crippen LogP contribution in [-0.4, -0.2) is 28.9 Å². The summed E-state index contributed by atoms with van der Waals surface area (Å²) in [6.07, 6.45) is 5.66. The number of likely N-dealkylation sites (tertiary alicyclic amines) is 1. The van der Waals surface area contributed by atoms with Gasteiger partial charge in [-0.15, -0.1) is 0 Å². The third-order valence-corrected chi connectivity index (χ3v) is 4.00. The largest absolute Gasteiger partial charge is 0.338 e. The Morgan fingerprint density at radius 1 is 1.40 bits per heavy atom. The standard InChI is InChI=1S/C12H22N2O/c1-9(2)11(15)14-8-7-12(13)6-4-3-5-10(12)14/h9-10H,3-8,13H2,1-2H3. The molecule has 2 fully saturated rings. The van der Waals surface area contributed by atoms with Crippen LogP contribution >= 0.6 is 0 Å². The van der Waals surface area contributed by atoms with Gasteiger partial charge >= 0.3 is 0 Å². The van der Waals surface area contributed by atoms with E-state index in [1.165, 1.54) is 12.8 Å². The fourth-order valence-corrected chi connectivity index (χ4v) is 3.08. The van der Waals surface area contributed by atoms with Crippen molar-refractivity contribution < 1.29 is 4.79 Å². The molecule has 0 bridgehead atoms. The van der Waals surface area contributed by atoms with Crippen LogP contribution in [0.5, 0.6) is 0 Å². The van der Waals surface area contributed by atoms with E-state index in [9.17, 15) is 4.79 Å². The average Bonchev–Trinajstić information content (AvgIpc) is 2.54. The van der Waals surface area contributed by atoms with Crippen molar-refractivity contribution in [3.05, 3.63) is 0 Å². The number of nitrogens with zero attached hydrogens (tertiary/aromatic N) is 1. The van der Waals surface area contributed by atoms with Crippen LogP contribution in [-0.2, 0) is 4.79 Å². The van der Waals surface area contributed by atoms with E-state index < -0.39 is 0 Å². The second kappa shape index (κ2) is 3.78. The average molecular weight is 210 g/mol. The maximum atomic E-state index is 12.0. The van der Waals surface area contributed by atoms with Gasteiger partial charge in [0, 0.05) is 24.0 Å². The van der Waals surface area contributed by atoms with Gasteiger partial charge in [-0.3, -0.25) is 4.79 Å². The van der Waals surface area contributed by atoms with E-state index in [0.29, 0.717) is 6.04 Å². The van der Waals surface area contributed by atoms with E-state index in [1.807, 2.05) is 18.7 Å². The molecule has 2 N–H and O–H groups in total. The van der Waals surface area contributed by atoms with Crippen LogP contribution < -0.4 is 5.73 Å². The maximum Gasteiger partial charge on any atom is 0.225 e. The molecular formula is C12H22N2O. The Kier molecular flexibility index (Phi) is 2.75. The second-order valence-corrected chi connectivity index (χ2v) is 5.43. The van der Waals surface area contributed by atoms with Crippen LogP contribution in [0.4, 0.5) is 0 Å². The first-order chi connectivity index (χ1) is 7.04. The molecule has 1 saturated heterocycles. The highest BCUT2D eigenvalue weighted by atomic mass is 16.2. The first kappa shape index (κ1) is 10.9. The minimum absolute atomic E-state index is 0.0667. The normalized spacial score (nSPS) is 35.7. The van der Waals surface area contributed by atoms with E-state index in [-0.39, 0.29) is 17.4 Å². The number of hydrogen-bond donors (Lipinski definition) is 1. The van der Waals surface area contributed by atoms with Gasteiger partial charge in [-0.1, -0.05) is 26.7 Å². The van der Waals surface area contributed by atoms with Crippen LogP contribution in [0.3, 0.4) is 0 Å². The van der Waals surface area contributed by atoms with Crippen molar-refractivity contribution in [2.45, 2.75) is 57.5 Å². The van der Waals surface area contributed by atoms with Crippen molar-refractivity contribution in [3.63, 3.8) is 0 Å². The molecule has 3 heteroatoms. The molecule has 2 rings (SSSR count). The van der Waals surface area contributed by atoms with Crippen molar-refractivity contribution in [3.8, 4) is 0 Å². The molecule has 1 saturated carbocycles. The van der Waals surface area contributed by atoms with Crippen LogP contribution in [0.25, 0.3) is 0 Å². The van der Waals surface area contributed by atoms with Crippen LogP contribution in [0, 0.1) is 5.92 Å². The molecule has 2 aliphatic rings. The molecule has 1 aliphatic heterocycles. The van der Waals surface area contributed by atoms with Gasteiger partial charge in [0.2, 0.25) is 5.91 Å². The highest BCUT2D eigenvalue weighted by molar-refractivity contribution is 5.79. The number of amides is 1. The molecule has 0 aromatic rings. The highest BCUT2D eigenvalue weighted by Crippen LogP contribution is 2.38.